The van der Waals surface area contributed by atoms with Gasteiger partial charge in [0.2, 0.25) is 0 Å². The molecule has 0 bridgehead atoms. The first kappa shape index (κ1) is 14.3. The molecule has 20 heavy (non-hydrogen) atoms. The number of carbonyl (C=O) groups is 1. The highest BCUT2D eigenvalue weighted by Gasteiger charge is 2.03. The summed E-state index contributed by atoms with van der Waals surface area (Å²) in [6, 6.07) is 12.1. The van der Waals surface area contributed by atoms with E-state index in [0.29, 0.717) is 12.1 Å². The van der Waals surface area contributed by atoms with Crippen LogP contribution in [-0.2, 0) is 12.8 Å². The Kier molecular flexibility index (Phi) is 5.30. The fourth-order valence-electron chi connectivity index (χ4n) is 2.09. The van der Waals surface area contributed by atoms with Crippen LogP contribution < -0.4 is 5.32 Å². The van der Waals surface area contributed by atoms with E-state index in [-0.39, 0.29) is 5.91 Å². The molecule has 3 heteroatoms. The first-order valence-corrected chi connectivity index (χ1v) is 7.05. The van der Waals surface area contributed by atoms with Gasteiger partial charge in [0.05, 0.1) is 0 Å². The van der Waals surface area contributed by atoms with Crippen LogP contribution in [-0.4, -0.2) is 17.4 Å². The van der Waals surface area contributed by atoms with E-state index >= 15 is 0 Å². The van der Waals surface area contributed by atoms with E-state index in [4.69, 9.17) is 0 Å². The number of nitrogens with zero attached hydrogens (tertiary/aromatic N) is 1. The van der Waals surface area contributed by atoms with Gasteiger partial charge in [0.15, 0.2) is 0 Å². The maximum atomic E-state index is 11.8. The predicted molar refractivity (Wildman–Crippen MR) is 80.7 cm³/mol. The van der Waals surface area contributed by atoms with Crippen molar-refractivity contribution < 1.29 is 4.79 Å². The Hall–Kier alpha value is -2.16. The summed E-state index contributed by atoms with van der Waals surface area (Å²) in [5, 5.41) is 2.92. The monoisotopic (exact) mass is 268 g/mol. The highest BCUT2D eigenvalue weighted by molar-refractivity contribution is 5.93. The molecule has 0 fully saturated rings. The summed E-state index contributed by atoms with van der Waals surface area (Å²) >= 11 is 0. The van der Waals surface area contributed by atoms with Crippen molar-refractivity contribution in [3.63, 3.8) is 0 Å². The van der Waals surface area contributed by atoms with Crippen molar-refractivity contribution in [2.75, 3.05) is 6.54 Å². The standard InChI is InChI=1S/C17H20N2O/c1-2-3-14-4-6-15(7-5-14)8-13-19-17(20)16-9-11-18-12-10-16/h4-7,9-12H,2-3,8,13H2,1H3,(H,19,20). The average Bonchev–Trinajstić information content (AvgIpc) is 2.50. The summed E-state index contributed by atoms with van der Waals surface area (Å²) in [5.41, 5.74) is 3.27. The van der Waals surface area contributed by atoms with Gasteiger partial charge in [-0.2, -0.15) is 0 Å². The smallest absolute Gasteiger partial charge is 0.251 e. The Labute approximate surface area is 120 Å². The van der Waals surface area contributed by atoms with Crippen molar-refractivity contribution in [3.05, 3.63) is 65.5 Å². The molecular formula is C17H20N2O. The molecule has 0 saturated heterocycles. The molecule has 1 amide bonds. The van der Waals surface area contributed by atoms with Crippen LogP contribution in [0.15, 0.2) is 48.8 Å². The second kappa shape index (κ2) is 7.43. The molecule has 0 saturated carbocycles. The Balaban J connectivity index is 1.79. The fraction of sp³-hybridized carbons (Fsp3) is 0.294. The first-order valence-electron chi connectivity index (χ1n) is 7.05. The number of aromatic nitrogens is 1. The molecule has 1 N–H and O–H groups in total. The number of carbonyl (C=O) groups excluding carboxylic acids is 1. The van der Waals surface area contributed by atoms with Crippen LogP contribution in [0.4, 0.5) is 0 Å². The van der Waals surface area contributed by atoms with Gasteiger partial charge in [-0.05, 0) is 36.1 Å². The maximum Gasteiger partial charge on any atom is 0.251 e. The summed E-state index contributed by atoms with van der Waals surface area (Å²) in [6.45, 7) is 2.83. The van der Waals surface area contributed by atoms with Crippen molar-refractivity contribution in [2.24, 2.45) is 0 Å². The molecule has 0 atom stereocenters. The van der Waals surface area contributed by atoms with Crippen LogP contribution in [0.2, 0.25) is 0 Å². The molecule has 0 aliphatic carbocycles. The summed E-state index contributed by atoms with van der Waals surface area (Å²) in [4.78, 5) is 15.7. The zero-order chi connectivity index (χ0) is 14.2. The van der Waals surface area contributed by atoms with Gasteiger partial charge in [0.1, 0.15) is 0 Å². The molecule has 1 heterocycles. The lowest BCUT2D eigenvalue weighted by atomic mass is 10.1. The molecule has 0 unspecified atom stereocenters. The molecule has 3 nitrogen and oxygen atoms in total. The summed E-state index contributed by atoms with van der Waals surface area (Å²) in [7, 11) is 0. The van der Waals surface area contributed by atoms with Gasteiger partial charge >= 0.3 is 0 Å². The van der Waals surface area contributed by atoms with Gasteiger partial charge in [0.25, 0.3) is 5.91 Å². The molecule has 2 aromatic rings. The van der Waals surface area contributed by atoms with Crippen LogP contribution in [0, 0.1) is 0 Å². The Morgan fingerprint density at radius 3 is 2.20 bits per heavy atom. The highest BCUT2D eigenvalue weighted by atomic mass is 16.1. The van der Waals surface area contributed by atoms with Crippen molar-refractivity contribution in [3.8, 4) is 0 Å². The van der Waals surface area contributed by atoms with Gasteiger partial charge in [-0.3, -0.25) is 9.78 Å². The lowest BCUT2D eigenvalue weighted by molar-refractivity contribution is 0.0954. The number of benzene rings is 1. The molecule has 0 aliphatic rings. The van der Waals surface area contributed by atoms with E-state index < -0.39 is 0 Å². The number of nitrogens with one attached hydrogen (secondary N) is 1. The Morgan fingerprint density at radius 1 is 1.00 bits per heavy atom. The van der Waals surface area contributed by atoms with Crippen LogP contribution in [0.25, 0.3) is 0 Å². The van der Waals surface area contributed by atoms with Crippen LogP contribution in [0.1, 0.15) is 34.8 Å². The van der Waals surface area contributed by atoms with Crippen molar-refractivity contribution >= 4 is 5.91 Å². The van der Waals surface area contributed by atoms with E-state index in [1.165, 1.54) is 17.5 Å². The Morgan fingerprint density at radius 2 is 1.60 bits per heavy atom. The van der Waals surface area contributed by atoms with Crippen molar-refractivity contribution in [1.82, 2.24) is 10.3 Å². The van der Waals surface area contributed by atoms with Crippen molar-refractivity contribution in [2.45, 2.75) is 26.2 Å². The first-order chi connectivity index (χ1) is 9.79. The fourth-order valence-corrected chi connectivity index (χ4v) is 2.09. The van der Waals surface area contributed by atoms with Gasteiger partial charge in [-0.15, -0.1) is 0 Å². The zero-order valence-electron chi connectivity index (χ0n) is 11.8. The van der Waals surface area contributed by atoms with E-state index in [1.807, 2.05) is 0 Å². The van der Waals surface area contributed by atoms with Gasteiger partial charge < -0.3 is 5.32 Å². The van der Waals surface area contributed by atoms with Gasteiger partial charge in [0, 0.05) is 24.5 Å². The van der Waals surface area contributed by atoms with Crippen LogP contribution >= 0.6 is 0 Å². The molecule has 0 spiro atoms. The minimum atomic E-state index is -0.0463. The summed E-state index contributed by atoms with van der Waals surface area (Å²) in [6.07, 6.45) is 6.40. The maximum absolute atomic E-state index is 11.8. The van der Waals surface area contributed by atoms with Gasteiger partial charge in [-0.25, -0.2) is 0 Å². The van der Waals surface area contributed by atoms with Gasteiger partial charge in [-0.1, -0.05) is 37.6 Å². The highest BCUT2D eigenvalue weighted by Crippen LogP contribution is 2.07. The third-order valence-corrected chi connectivity index (χ3v) is 3.20. The SMILES string of the molecule is CCCc1ccc(CCNC(=O)c2ccncc2)cc1. The van der Waals surface area contributed by atoms with Crippen LogP contribution in [0.5, 0.6) is 0 Å². The third-order valence-electron chi connectivity index (χ3n) is 3.20. The molecular weight excluding hydrogens is 248 g/mol. The van der Waals surface area contributed by atoms with Crippen LogP contribution in [0.3, 0.4) is 0 Å². The molecule has 0 aliphatic heterocycles. The minimum absolute atomic E-state index is 0.0463. The molecule has 0 radical (unpaired) electrons. The number of rotatable bonds is 6. The number of pyridine rings is 1. The normalized spacial score (nSPS) is 10.2. The number of hydrogen-bond donors (Lipinski definition) is 1. The molecule has 1 aromatic heterocycles. The number of aryl methyl sites for hydroxylation is 1. The quantitative estimate of drug-likeness (QED) is 0.875. The molecule has 2 rings (SSSR count). The van der Waals surface area contributed by atoms with E-state index in [1.54, 1.807) is 24.5 Å². The zero-order valence-corrected chi connectivity index (χ0v) is 11.8. The second-order valence-electron chi connectivity index (χ2n) is 4.81. The van der Waals surface area contributed by atoms with E-state index in [0.717, 1.165) is 12.8 Å². The van der Waals surface area contributed by atoms with E-state index in [9.17, 15) is 4.79 Å². The Bertz CT molecular complexity index is 535. The summed E-state index contributed by atoms with van der Waals surface area (Å²) < 4.78 is 0. The molecule has 1 aromatic carbocycles. The lowest BCUT2D eigenvalue weighted by Crippen LogP contribution is -2.25. The average molecular weight is 268 g/mol. The number of hydrogen-bond acceptors (Lipinski definition) is 2. The summed E-state index contributed by atoms with van der Waals surface area (Å²) in [5.74, 6) is -0.0463. The minimum Gasteiger partial charge on any atom is -0.352 e. The number of amides is 1. The topological polar surface area (TPSA) is 42.0 Å². The lowest BCUT2D eigenvalue weighted by Gasteiger charge is -2.06. The second-order valence-corrected chi connectivity index (χ2v) is 4.81. The van der Waals surface area contributed by atoms with Crippen molar-refractivity contribution in [1.29, 1.82) is 0 Å². The van der Waals surface area contributed by atoms with E-state index in [2.05, 4.69) is 41.5 Å². The third kappa shape index (κ3) is 4.19. The molecule has 104 valence electrons. The predicted octanol–water partition coefficient (Wildman–Crippen LogP) is 3.01. The largest absolute Gasteiger partial charge is 0.352 e.